The molecule has 6 heteroatoms. The molecule has 2 aromatic rings. The summed E-state index contributed by atoms with van der Waals surface area (Å²) in [5.41, 5.74) is 4.52. The summed E-state index contributed by atoms with van der Waals surface area (Å²) in [4.78, 5) is 50.6. The summed E-state index contributed by atoms with van der Waals surface area (Å²) in [6, 6.07) is 16.7. The fraction of sp³-hybridized carbons (Fsp3) is 0.259. The molecule has 0 fully saturated rings. The highest BCUT2D eigenvalue weighted by Crippen LogP contribution is 2.53. The maximum Gasteiger partial charge on any atom is 0.253 e. The first-order valence-electron chi connectivity index (χ1n) is 11.3. The molecule has 2 aromatic carbocycles. The van der Waals surface area contributed by atoms with E-state index in [0.717, 1.165) is 12.8 Å². The first-order valence-corrected chi connectivity index (χ1v) is 11.3. The number of hydrogen-bond acceptors (Lipinski definition) is 4. The molecule has 6 nitrogen and oxygen atoms in total. The van der Waals surface area contributed by atoms with E-state index in [4.69, 9.17) is 0 Å². The van der Waals surface area contributed by atoms with Crippen LogP contribution in [-0.4, -0.2) is 46.5 Å². The quantitative estimate of drug-likeness (QED) is 0.590. The van der Waals surface area contributed by atoms with Gasteiger partial charge in [-0.2, -0.15) is 0 Å². The predicted molar refractivity (Wildman–Crippen MR) is 123 cm³/mol. The maximum absolute atomic E-state index is 12.0. The molecule has 2 heterocycles. The Morgan fingerprint density at radius 2 is 0.909 bits per heavy atom. The number of carbonyl (C=O) groups excluding carboxylic acids is 4. The van der Waals surface area contributed by atoms with Crippen molar-refractivity contribution in [3.05, 3.63) is 84.0 Å². The number of imide groups is 2. The SMILES string of the molecule is O=C1C=CC(=O)N1CCCC1(CCCN2C(=O)C=CC2=O)c2ccccc2-c2ccccc21. The highest BCUT2D eigenvalue weighted by atomic mass is 16.2. The zero-order valence-corrected chi connectivity index (χ0v) is 18.2. The van der Waals surface area contributed by atoms with Gasteiger partial charge in [-0.25, -0.2) is 0 Å². The molecule has 2 aliphatic heterocycles. The lowest BCUT2D eigenvalue weighted by Crippen LogP contribution is -2.34. The third kappa shape index (κ3) is 3.52. The van der Waals surface area contributed by atoms with Crippen LogP contribution in [0.25, 0.3) is 11.1 Å². The van der Waals surface area contributed by atoms with E-state index < -0.39 is 0 Å². The Kier molecular flexibility index (Phi) is 5.29. The number of carbonyl (C=O) groups is 4. The first kappa shape index (κ1) is 21.1. The smallest absolute Gasteiger partial charge is 0.253 e. The number of nitrogens with zero attached hydrogens (tertiary/aromatic N) is 2. The Bertz CT molecular complexity index is 1090. The van der Waals surface area contributed by atoms with Gasteiger partial charge in [0.1, 0.15) is 0 Å². The summed E-state index contributed by atoms with van der Waals surface area (Å²) in [5, 5.41) is 0. The molecular weight excluding hydrogens is 416 g/mol. The molecule has 1 aliphatic carbocycles. The second-order valence-corrected chi connectivity index (χ2v) is 8.70. The van der Waals surface area contributed by atoms with Crippen LogP contribution in [0.3, 0.4) is 0 Å². The molecule has 0 spiro atoms. The number of fused-ring (bicyclic) bond motifs is 3. The number of amides is 4. The third-order valence-electron chi connectivity index (χ3n) is 6.95. The van der Waals surface area contributed by atoms with E-state index >= 15 is 0 Å². The van der Waals surface area contributed by atoms with E-state index in [9.17, 15) is 19.2 Å². The zero-order valence-electron chi connectivity index (χ0n) is 18.2. The minimum Gasteiger partial charge on any atom is -0.275 e. The second-order valence-electron chi connectivity index (χ2n) is 8.70. The first-order chi connectivity index (χ1) is 16.0. The van der Waals surface area contributed by atoms with Crippen molar-refractivity contribution in [2.75, 3.05) is 13.1 Å². The maximum atomic E-state index is 12.0. The molecule has 33 heavy (non-hydrogen) atoms. The molecule has 0 saturated carbocycles. The standard InChI is InChI=1S/C27H24N2O4/c30-23-11-12-24(31)28(23)17-5-15-27(16-6-18-29-25(32)13-14-26(29)33)21-9-3-1-7-19(21)20-8-2-4-10-22(20)27/h1-4,7-14H,5-6,15-18H2. The van der Waals surface area contributed by atoms with Gasteiger partial charge in [-0.15, -0.1) is 0 Å². The van der Waals surface area contributed by atoms with Gasteiger partial charge >= 0.3 is 0 Å². The summed E-state index contributed by atoms with van der Waals surface area (Å²) in [5.74, 6) is -1.06. The Morgan fingerprint density at radius 1 is 0.545 bits per heavy atom. The van der Waals surface area contributed by atoms with Gasteiger partial charge in [-0.1, -0.05) is 48.5 Å². The van der Waals surface area contributed by atoms with Gasteiger partial charge in [0.2, 0.25) is 0 Å². The highest BCUT2D eigenvalue weighted by Gasteiger charge is 2.42. The molecule has 0 bridgehead atoms. The highest BCUT2D eigenvalue weighted by molar-refractivity contribution is 6.13. The lowest BCUT2D eigenvalue weighted by molar-refractivity contribution is -0.138. The minimum absolute atomic E-state index is 0.264. The van der Waals surface area contributed by atoms with Gasteiger partial charge in [0.05, 0.1) is 0 Å². The van der Waals surface area contributed by atoms with Crippen LogP contribution in [0.2, 0.25) is 0 Å². The van der Waals surface area contributed by atoms with Gasteiger partial charge in [-0.05, 0) is 47.9 Å². The van der Waals surface area contributed by atoms with Crippen LogP contribution < -0.4 is 0 Å². The van der Waals surface area contributed by atoms with Crippen molar-refractivity contribution in [2.24, 2.45) is 0 Å². The average Bonchev–Trinajstić information content (AvgIpc) is 3.42. The molecular formula is C27H24N2O4. The average molecular weight is 440 g/mol. The topological polar surface area (TPSA) is 74.8 Å². The molecule has 3 aliphatic rings. The molecule has 0 aromatic heterocycles. The van der Waals surface area contributed by atoms with Crippen LogP contribution in [0.1, 0.15) is 36.8 Å². The fourth-order valence-corrected chi connectivity index (χ4v) is 5.46. The summed E-state index contributed by atoms with van der Waals surface area (Å²) < 4.78 is 0. The summed E-state index contributed by atoms with van der Waals surface area (Å²) in [6.07, 6.45) is 8.08. The number of hydrogen-bond donors (Lipinski definition) is 0. The number of benzene rings is 2. The van der Waals surface area contributed by atoms with Crippen molar-refractivity contribution in [1.29, 1.82) is 0 Å². The normalized spacial score (nSPS) is 17.9. The molecule has 0 atom stereocenters. The van der Waals surface area contributed by atoms with Crippen molar-refractivity contribution in [3.8, 4) is 11.1 Å². The predicted octanol–water partition coefficient (Wildman–Crippen LogP) is 3.36. The van der Waals surface area contributed by atoms with Gasteiger partial charge in [0.25, 0.3) is 23.6 Å². The summed E-state index contributed by atoms with van der Waals surface area (Å²) in [7, 11) is 0. The van der Waals surface area contributed by atoms with E-state index in [1.54, 1.807) is 0 Å². The van der Waals surface area contributed by atoms with E-state index in [-0.39, 0.29) is 29.0 Å². The zero-order chi connectivity index (χ0) is 23.0. The Labute approximate surface area is 192 Å². The van der Waals surface area contributed by atoms with Gasteiger partial charge in [-0.3, -0.25) is 29.0 Å². The lowest BCUT2D eigenvalue weighted by Gasteiger charge is -2.33. The Balaban J connectivity index is 1.42. The van der Waals surface area contributed by atoms with Crippen LogP contribution in [0.15, 0.2) is 72.8 Å². The molecule has 0 N–H and O–H groups in total. The minimum atomic E-state index is -0.314. The van der Waals surface area contributed by atoms with E-state index in [1.165, 1.54) is 56.4 Å². The molecule has 5 rings (SSSR count). The largest absolute Gasteiger partial charge is 0.275 e. The summed E-state index contributed by atoms with van der Waals surface area (Å²) in [6.45, 7) is 0.730. The van der Waals surface area contributed by atoms with E-state index in [2.05, 4.69) is 24.3 Å². The van der Waals surface area contributed by atoms with Gasteiger partial charge in [0, 0.05) is 42.8 Å². The van der Waals surface area contributed by atoms with Crippen molar-refractivity contribution < 1.29 is 19.2 Å². The van der Waals surface area contributed by atoms with Crippen molar-refractivity contribution in [3.63, 3.8) is 0 Å². The fourth-order valence-electron chi connectivity index (χ4n) is 5.46. The van der Waals surface area contributed by atoms with Crippen LogP contribution >= 0.6 is 0 Å². The third-order valence-corrected chi connectivity index (χ3v) is 6.95. The van der Waals surface area contributed by atoms with Crippen molar-refractivity contribution >= 4 is 23.6 Å². The van der Waals surface area contributed by atoms with Crippen molar-refractivity contribution in [2.45, 2.75) is 31.1 Å². The second kappa shape index (κ2) is 8.28. The van der Waals surface area contributed by atoms with Crippen molar-refractivity contribution in [1.82, 2.24) is 9.80 Å². The molecule has 166 valence electrons. The van der Waals surface area contributed by atoms with E-state index in [1.807, 2.05) is 24.3 Å². The molecule has 0 unspecified atom stereocenters. The lowest BCUT2D eigenvalue weighted by atomic mass is 9.71. The molecule has 4 amide bonds. The Hall–Kier alpha value is -3.80. The van der Waals surface area contributed by atoms with Crippen LogP contribution in [0, 0.1) is 0 Å². The molecule has 0 saturated heterocycles. The van der Waals surface area contributed by atoms with Crippen LogP contribution in [-0.2, 0) is 24.6 Å². The summed E-state index contributed by atoms with van der Waals surface area (Å²) >= 11 is 0. The van der Waals surface area contributed by atoms with Crippen LogP contribution in [0.5, 0.6) is 0 Å². The number of rotatable bonds is 8. The monoisotopic (exact) mass is 440 g/mol. The van der Waals surface area contributed by atoms with Gasteiger partial charge in [0.15, 0.2) is 0 Å². The van der Waals surface area contributed by atoms with Gasteiger partial charge < -0.3 is 0 Å². The molecule has 0 radical (unpaired) electrons. The van der Waals surface area contributed by atoms with Crippen LogP contribution in [0.4, 0.5) is 0 Å². The Morgan fingerprint density at radius 3 is 1.30 bits per heavy atom. The van der Waals surface area contributed by atoms with E-state index in [0.29, 0.717) is 25.9 Å².